The highest BCUT2D eigenvalue weighted by Crippen LogP contribution is 2.30. The van der Waals surface area contributed by atoms with E-state index in [0.29, 0.717) is 30.6 Å². The van der Waals surface area contributed by atoms with E-state index in [4.69, 9.17) is 9.26 Å². The summed E-state index contributed by atoms with van der Waals surface area (Å²) < 4.78 is 12.7. The molecule has 0 radical (unpaired) electrons. The molecule has 0 unspecified atom stereocenters. The molecule has 140 valence electrons. The van der Waals surface area contributed by atoms with E-state index in [1.54, 1.807) is 4.68 Å². The van der Waals surface area contributed by atoms with Crippen molar-refractivity contribution >= 4 is 5.91 Å². The van der Waals surface area contributed by atoms with E-state index < -0.39 is 0 Å². The van der Waals surface area contributed by atoms with Crippen LogP contribution in [-0.4, -0.2) is 57.0 Å². The number of rotatable bonds is 3. The predicted octanol–water partition coefficient (Wildman–Crippen LogP) is 2.03. The average molecular weight is 359 g/mol. The largest absolute Gasteiger partial charge is 0.381 e. The lowest BCUT2D eigenvalue weighted by atomic mass is 9.96. The Bertz CT molecular complexity index is 750. The first-order valence-corrected chi connectivity index (χ1v) is 9.33. The van der Waals surface area contributed by atoms with Crippen LogP contribution in [0.3, 0.4) is 0 Å². The zero-order chi connectivity index (χ0) is 18.1. The van der Waals surface area contributed by atoms with Gasteiger partial charge >= 0.3 is 0 Å². The van der Waals surface area contributed by atoms with E-state index in [2.05, 4.69) is 15.2 Å². The number of hydrogen-bond donors (Lipinski definition) is 0. The summed E-state index contributed by atoms with van der Waals surface area (Å²) in [4.78, 5) is 19.1. The normalized spacial score (nSPS) is 19.8. The van der Waals surface area contributed by atoms with E-state index in [1.807, 2.05) is 24.9 Å². The smallest absolute Gasteiger partial charge is 0.274 e. The number of carbonyl (C=O) groups is 1. The third-order valence-electron chi connectivity index (χ3n) is 5.51. The number of ether oxygens (including phenoxy) is 1. The van der Waals surface area contributed by atoms with Gasteiger partial charge in [-0.2, -0.15) is 10.1 Å². The molecule has 1 amide bonds. The first-order valence-electron chi connectivity index (χ1n) is 9.33. The van der Waals surface area contributed by atoms with Crippen LogP contribution >= 0.6 is 0 Å². The number of piperidine rings is 1. The van der Waals surface area contributed by atoms with Gasteiger partial charge in [0.15, 0.2) is 11.5 Å². The van der Waals surface area contributed by atoms with Crippen LogP contribution in [-0.2, 0) is 11.8 Å². The SMILES string of the molecule is Cc1cc(C(=O)N2CCC(c3nc(C4CCOCC4)no3)CC2)nn1C. The topological polar surface area (TPSA) is 86.3 Å². The molecule has 0 N–H and O–H groups in total. The number of hydrogen-bond acceptors (Lipinski definition) is 6. The fourth-order valence-electron chi connectivity index (χ4n) is 3.69. The highest BCUT2D eigenvalue weighted by molar-refractivity contribution is 5.92. The first-order chi connectivity index (χ1) is 12.6. The lowest BCUT2D eigenvalue weighted by Crippen LogP contribution is -2.38. The maximum atomic E-state index is 12.6. The molecular formula is C18H25N5O3. The molecule has 0 bridgehead atoms. The molecule has 0 aliphatic carbocycles. The summed E-state index contributed by atoms with van der Waals surface area (Å²) in [5.41, 5.74) is 1.50. The Labute approximate surface area is 152 Å². The molecule has 2 aliphatic rings. The van der Waals surface area contributed by atoms with Gasteiger partial charge in [-0.1, -0.05) is 5.16 Å². The van der Waals surface area contributed by atoms with E-state index >= 15 is 0 Å². The van der Waals surface area contributed by atoms with E-state index in [0.717, 1.165) is 50.4 Å². The summed E-state index contributed by atoms with van der Waals surface area (Å²) in [6, 6.07) is 1.84. The van der Waals surface area contributed by atoms with Crippen LogP contribution in [0, 0.1) is 6.92 Å². The maximum absolute atomic E-state index is 12.6. The fraction of sp³-hybridized carbons (Fsp3) is 0.667. The summed E-state index contributed by atoms with van der Waals surface area (Å²) in [7, 11) is 1.85. The molecule has 4 rings (SSSR count). The number of carbonyl (C=O) groups excluding carboxylic acids is 1. The molecule has 2 fully saturated rings. The lowest BCUT2D eigenvalue weighted by molar-refractivity contribution is 0.0697. The van der Waals surface area contributed by atoms with Crippen LogP contribution in [0.4, 0.5) is 0 Å². The van der Waals surface area contributed by atoms with Gasteiger partial charge in [-0.15, -0.1) is 0 Å². The van der Waals surface area contributed by atoms with E-state index in [-0.39, 0.29) is 11.8 Å². The van der Waals surface area contributed by atoms with Crippen molar-refractivity contribution < 1.29 is 14.1 Å². The molecule has 0 atom stereocenters. The van der Waals surface area contributed by atoms with Gasteiger partial charge in [-0.05, 0) is 38.7 Å². The van der Waals surface area contributed by atoms with Crippen LogP contribution in [0.25, 0.3) is 0 Å². The summed E-state index contributed by atoms with van der Waals surface area (Å²) in [5, 5.41) is 8.49. The highest BCUT2D eigenvalue weighted by atomic mass is 16.5. The van der Waals surface area contributed by atoms with Gasteiger partial charge in [0.25, 0.3) is 5.91 Å². The third-order valence-corrected chi connectivity index (χ3v) is 5.51. The highest BCUT2D eigenvalue weighted by Gasteiger charge is 2.30. The Kier molecular flexibility index (Phi) is 4.76. The van der Waals surface area contributed by atoms with Crippen LogP contribution < -0.4 is 0 Å². The monoisotopic (exact) mass is 359 g/mol. The van der Waals surface area contributed by atoms with E-state index in [9.17, 15) is 4.79 Å². The molecule has 2 aliphatic heterocycles. The molecule has 2 aromatic rings. The second-order valence-electron chi connectivity index (χ2n) is 7.24. The van der Waals surface area contributed by atoms with Crippen molar-refractivity contribution in [3.63, 3.8) is 0 Å². The Morgan fingerprint density at radius 3 is 2.54 bits per heavy atom. The zero-order valence-electron chi connectivity index (χ0n) is 15.3. The van der Waals surface area contributed by atoms with E-state index in [1.165, 1.54) is 0 Å². The van der Waals surface area contributed by atoms with Crippen LogP contribution in [0.15, 0.2) is 10.6 Å². The van der Waals surface area contributed by atoms with Crippen LogP contribution in [0.2, 0.25) is 0 Å². The molecule has 26 heavy (non-hydrogen) atoms. The van der Waals surface area contributed by atoms with Crippen molar-refractivity contribution in [3.8, 4) is 0 Å². The molecule has 0 spiro atoms. The van der Waals surface area contributed by atoms with Gasteiger partial charge in [0.05, 0.1) is 0 Å². The van der Waals surface area contributed by atoms with Gasteiger partial charge in [0.2, 0.25) is 5.89 Å². The van der Waals surface area contributed by atoms with Crippen molar-refractivity contribution in [1.82, 2.24) is 24.8 Å². The van der Waals surface area contributed by atoms with Crippen molar-refractivity contribution in [2.45, 2.75) is 44.4 Å². The average Bonchev–Trinajstić information content (AvgIpc) is 3.30. The minimum Gasteiger partial charge on any atom is -0.381 e. The quantitative estimate of drug-likeness (QED) is 0.833. The summed E-state index contributed by atoms with van der Waals surface area (Å²) in [5.74, 6) is 2.10. The van der Waals surface area contributed by atoms with Crippen molar-refractivity contribution in [3.05, 3.63) is 29.2 Å². The van der Waals surface area contributed by atoms with Gasteiger partial charge in [0, 0.05) is 50.9 Å². The summed E-state index contributed by atoms with van der Waals surface area (Å²) in [6.07, 6.45) is 3.59. The second-order valence-corrected chi connectivity index (χ2v) is 7.24. The predicted molar refractivity (Wildman–Crippen MR) is 92.9 cm³/mol. The molecule has 2 saturated heterocycles. The molecule has 4 heterocycles. The Morgan fingerprint density at radius 2 is 1.88 bits per heavy atom. The van der Waals surface area contributed by atoms with Crippen LogP contribution in [0.5, 0.6) is 0 Å². The third kappa shape index (κ3) is 3.38. The first kappa shape index (κ1) is 17.2. The molecular weight excluding hydrogens is 334 g/mol. The Morgan fingerprint density at radius 1 is 1.15 bits per heavy atom. The summed E-state index contributed by atoms with van der Waals surface area (Å²) in [6.45, 7) is 4.86. The number of nitrogens with zero attached hydrogens (tertiary/aromatic N) is 5. The number of likely N-dealkylation sites (tertiary alicyclic amines) is 1. The lowest BCUT2D eigenvalue weighted by Gasteiger charge is -2.29. The van der Waals surface area contributed by atoms with Gasteiger partial charge in [-0.25, -0.2) is 0 Å². The minimum absolute atomic E-state index is 0.000531. The summed E-state index contributed by atoms with van der Waals surface area (Å²) >= 11 is 0. The van der Waals surface area contributed by atoms with Gasteiger partial charge < -0.3 is 14.2 Å². The minimum atomic E-state index is 0.000531. The molecule has 8 nitrogen and oxygen atoms in total. The Balaban J connectivity index is 1.36. The van der Waals surface area contributed by atoms with Crippen LogP contribution in [0.1, 0.15) is 65.4 Å². The number of amides is 1. The molecule has 0 aromatic carbocycles. The fourth-order valence-corrected chi connectivity index (χ4v) is 3.69. The van der Waals surface area contributed by atoms with Gasteiger partial charge in [-0.3, -0.25) is 9.48 Å². The second kappa shape index (κ2) is 7.19. The zero-order valence-corrected chi connectivity index (χ0v) is 15.3. The van der Waals surface area contributed by atoms with Crippen molar-refractivity contribution in [2.75, 3.05) is 26.3 Å². The number of aryl methyl sites for hydroxylation is 2. The Hall–Kier alpha value is -2.22. The standard InChI is InChI=1S/C18H25N5O3/c1-12-11-15(20-22(12)2)18(24)23-7-3-14(4-8-23)17-19-16(21-26-17)13-5-9-25-10-6-13/h11,13-14H,3-10H2,1-2H3. The molecule has 0 saturated carbocycles. The van der Waals surface area contributed by atoms with Crippen molar-refractivity contribution in [2.24, 2.45) is 7.05 Å². The van der Waals surface area contributed by atoms with Crippen molar-refractivity contribution in [1.29, 1.82) is 0 Å². The molecule has 8 heteroatoms. The van der Waals surface area contributed by atoms with Gasteiger partial charge in [0.1, 0.15) is 0 Å². The number of aromatic nitrogens is 4. The maximum Gasteiger partial charge on any atom is 0.274 e. The molecule has 2 aromatic heterocycles.